The molecule has 0 fully saturated rings. The van der Waals surface area contributed by atoms with Gasteiger partial charge >= 0.3 is 0 Å². The predicted molar refractivity (Wildman–Crippen MR) is 125 cm³/mol. The van der Waals surface area contributed by atoms with Gasteiger partial charge in [-0.1, -0.05) is 12.1 Å². The molecule has 0 bridgehead atoms. The van der Waals surface area contributed by atoms with E-state index in [-0.39, 0.29) is 23.6 Å². The van der Waals surface area contributed by atoms with Gasteiger partial charge in [-0.2, -0.15) is 5.26 Å². The van der Waals surface area contributed by atoms with Crippen LogP contribution in [-0.4, -0.2) is 45.1 Å². The van der Waals surface area contributed by atoms with Gasteiger partial charge in [0, 0.05) is 41.4 Å². The number of hydrogen-bond acceptors (Lipinski definition) is 7. The van der Waals surface area contributed by atoms with Crippen LogP contribution in [-0.2, 0) is 13.0 Å². The molecule has 0 aliphatic carbocycles. The van der Waals surface area contributed by atoms with E-state index in [1.165, 1.54) is 35.5 Å². The highest BCUT2D eigenvalue weighted by Gasteiger charge is 2.21. The SMILES string of the molecule is CN(C)C(O)c1ccc(-c2cnc(NCc3c(F)ccc4c3CCO4)n3cc(C#N)nc23)cc1F. The maximum absolute atomic E-state index is 14.8. The predicted octanol–water partition coefficient (Wildman–Crippen LogP) is 3.65. The summed E-state index contributed by atoms with van der Waals surface area (Å²) in [5.74, 6) is 0.116. The van der Waals surface area contributed by atoms with Crippen molar-refractivity contribution in [3.05, 3.63) is 76.7 Å². The topological polar surface area (TPSA) is 98.7 Å². The lowest BCUT2D eigenvalue weighted by atomic mass is 10.0. The van der Waals surface area contributed by atoms with Crippen LogP contribution in [0.4, 0.5) is 14.7 Å². The summed E-state index contributed by atoms with van der Waals surface area (Å²) in [4.78, 5) is 10.3. The molecule has 4 aromatic rings. The molecule has 0 saturated carbocycles. The van der Waals surface area contributed by atoms with Gasteiger partial charge in [-0.25, -0.2) is 18.7 Å². The number of aliphatic hydroxyl groups excluding tert-OH is 1. The number of imidazole rings is 1. The fourth-order valence-electron chi connectivity index (χ4n) is 4.22. The normalized spacial score (nSPS) is 13.5. The molecular formula is C25H22F2N6O2. The molecule has 10 heteroatoms. The van der Waals surface area contributed by atoms with Gasteiger partial charge in [0.25, 0.3) is 0 Å². The van der Waals surface area contributed by atoms with Gasteiger partial charge in [0.2, 0.25) is 5.95 Å². The summed E-state index contributed by atoms with van der Waals surface area (Å²) >= 11 is 0. The zero-order valence-electron chi connectivity index (χ0n) is 19.1. The summed E-state index contributed by atoms with van der Waals surface area (Å²) in [5, 5.41) is 22.7. The van der Waals surface area contributed by atoms with Gasteiger partial charge in [-0.05, 0) is 37.9 Å². The highest BCUT2D eigenvalue weighted by molar-refractivity contribution is 5.78. The smallest absolute Gasteiger partial charge is 0.208 e. The number of nitrogens with zero attached hydrogens (tertiary/aromatic N) is 5. The third kappa shape index (κ3) is 4.05. The van der Waals surface area contributed by atoms with Gasteiger partial charge in [0.15, 0.2) is 11.3 Å². The van der Waals surface area contributed by atoms with E-state index < -0.39 is 12.0 Å². The first-order chi connectivity index (χ1) is 16.9. The highest BCUT2D eigenvalue weighted by atomic mass is 19.1. The first-order valence-corrected chi connectivity index (χ1v) is 11.0. The van der Waals surface area contributed by atoms with Gasteiger partial charge < -0.3 is 15.2 Å². The molecule has 1 unspecified atom stereocenters. The fraction of sp³-hybridized carbons (Fsp3) is 0.240. The van der Waals surface area contributed by atoms with E-state index in [2.05, 4.69) is 15.3 Å². The number of aliphatic hydroxyl groups is 1. The average Bonchev–Trinajstić information content (AvgIpc) is 3.50. The molecule has 8 nitrogen and oxygen atoms in total. The van der Waals surface area contributed by atoms with Crippen LogP contribution in [0.25, 0.3) is 16.8 Å². The van der Waals surface area contributed by atoms with Crippen molar-refractivity contribution in [1.29, 1.82) is 5.26 Å². The minimum atomic E-state index is -1.09. The third-order valence-corrected chi connectivity index (χ3v) is 6.05. The maximum atomic E-state index is 14.8. The Morgan fingerprint density at radius 3 is 2.83 bits per heavy atom. The van der Waals surface area contributed by atoms with Crippen molar-refractivity contribution < 1.29 is 18.6 Å². The summed E-state index contributed by atoms with van der Waals surface area (Å²) < 4.78 is 36.5. The Balaban J connectivity index is 1.52. The van der Waals surface area contributed by atoms with Gasteiger partial charge in [-0.3, -0.25) is 9.30 Å². The van der Waals surface area contributed by atoms with E-state index >= 15 is 0 Å². The summed E-state index contributed by atoms with van der Waals surface area (Å²) in [6.45, 7) is 0.669. The summed E-state index contributed by atoms with van der Waals surface area (Å²) in [6, 6.07) is 9.49. The molecule has 0 radical (unpaired) electrons. The molecule has 0 saturated heterocycles. The summed E-state index contributed by atoms with van der Waals surface area (Å²) in [7, 11) is 3.29. The fourth-order valence-corrected chi connectivity index (χ4v) is 4.22. The van der Waals surface area contributed by atoms with Crippen LogP contribution in [0.2, 0.25) is 0 Å². The van der Waals surface area contributed by atoms with Crippen LogP contribution < -0.4 is 10.1 Å². The van der Waals surface area contributed by atoms with Crippen molar-refractivity contribution in [3.63, 3.8) is 0 Å². The Bertz CT molecular complexity index is 1480. The van der Waals surface area contributed by atoms with Crippen molar-refractivity contribution in [2.45, 2.75) is 19.2 Å². The average molecular weight is 476 g/mol. The Morgan fingerprint density at radius 2 is 2.09 bits per heavy atom. The van der Waals surface area contributed by atoms with Gasteiger partial charge in [-0.15, -0.1) is 0 Å². The molecule has 5 rings (SSSR count). The molecule has 1 aliphatic heterocycles. The highest BCUT2D eigenvalue weighted by Crippen LogP contribution is 2.32. The van der Waals surface area contributed by atoms with E-state index in [1.807, 2.05) is 6.07 Å². The number of nitriles is 1. The molecule has 2 N–H and O–H groups in total. The monoisotopic (exact) mass is 476 g/mol. The molecule has 178 valence electrons. The maximum Gasteiger partial charge on any atom is 0.208 e. The van der Waals surface area contributed by atoms with E-state index in [0.29, 0.717) is 47.1 Å². The van der Waals surface area contributed by atoms with Crippen molar-refractivity contribution in [2.75, 3.05) is 26.0 Å². The van der Waals surface area contributed by atoms with Crippen LogP contribution in [0, 0.1) is 23.0 Å². The number of ether oxygens (including phenoxy) is 1. The molecule has 3 heterocycles. The van der Waals surface area contributed by atoms with E-state index in [0.717, 1.165) is 5.56 Å². The van der Waals surface area contributed by atoms with Crippen molar-refractivity contribution in [1.82, 2.24) is 19.3 Å². The summed E-state index contributed by atoms with van der Waals surface area (Å²) in [5.41, 5.74) is 3.00. The van der Waals surface area contributed by atoms with Crippen molar-refractivity contribution in [3.8, 4) is 22.9 Å². The van der Waals surface area contributed by atoms with Crippen LogP contribution in [0.5, 0.6) is 5.75 Å². The van der Waals surface area contributed by atoms with Gasteiger partial charge in [0.05, 0.1) is 12.8 Å². The zero-order chi connectivity index (χ0) is 24.7. The number of fused-ring (bicyclic) bond motifs is 2. The van der Waals surface area contributed by atoms with Crippen LogP contribution in [0.1, 0.15) is 28.6 Å². The van der Waals surface area contributed by atoms with E-state index in [9.17, 15) is 19.1 Å². The molecular weight excluding hydrogens is 454 g/mol. The number of nitrogens with one attached hydrogen (secondary N) is 1. The first-order valence-electron chi connectivity index (χ1n) is 11.0. The quantitative estimate of drug-likeness (QED) is 0.410. The Morgan fingerprint density at radius 1 is 1.26 bits per heavy atom. The second-order valence-electron chi connectivity index (χ2n) is 8.46. The minimum Gasteiger partial charge on any atom is -0.493 e. The van der Waals surface area contributed by atoms with Gasteiger partial charge in [0.1, 0.15) is 29.7 Å². The Kier molecular flexibility index (Phi) is 5.80. The molecule has 2 aromatic heterocycles. The van der Waals surface area contributed by atoms with Crippen molar-refractivity contribution >= 4 is 11.6 Å². The molecule has 0 spiro atoms. The summed E-state index contributed by atoms with van der Waals surface area (Å²) in [6.07, 6.45) is 2.58. The molecule has 1 aliphatic rings. The van der Waals surface area contributed by atoms with Crippen LogP contribution >= 0.6 is 0 Å². The van der Waals surface area contributed by atoms with Crippen LogP contribution in [0.3, 0.4) is 0 Å². The molecule has 2 aromatic carbocycles. The number of aromatic nitrogens is 3. The standard InChI is InChI=1S/C25H22F2N6O2/c1-32(2)24(34)17-4-3-14(9-21(17)27)18-11-29-25(33-13-15(10-28)31-23(18)33)30-12-19-16-7-8-35-22(16)6-5-20(19)26/h3-6,9,11,13,24,34H,7-8,12H2,1-2H3,(H,29,30). The lowest BCUT2D eigenvalue weighted by molar-refractivity contribution is 0.0365. The Labute approximate surface area is 200 Å². The lowest BCUT2D eigenvalue weighted by Gasteiger charge is -2.19. The Hall–Kier alpha value is -4.07. The number of halogens is 2. The lowest BCUT2D eigenvalue weighted by Crippen LogP contribution is -2.20. The van der Waals surface area contributed by atoms with E-state index in [1.54, 1.807) is 30.6 Å². The number of hydrogen-bond donors (Lipinski definition) is 2. The number of rotatable bonds is 6. The third-order valence-electron chi connectivity index (χ3n) is 6.05. The van der Waals surface area contributed by atoms with E-state index in [4.69, 9.17) is 4.74 Å². The zero-order valence-corrected chi connectivity index (χ0v) is 19.1. The second kappa shape index (κ2) is 8.94. The molecule has 1 atom stereocenters. The number of benzene rings is 2. The molecule has 0 amide bonds. The molecule has 35 heavy (non-hydrogen) atoms. The second-order valence-corrected chi connectivity index (χ2v) is 8.46. The largest absolute Gasteiger partial charge is 0.493 e. The number of anilines is 1. The minimum absolute atomic E-state index is 0.142. The van der Waals surface area contributed by atoms with Crippen molar-refractivity contribution in [2.24, 2.45) is 0 Å². The first kappa shape index (κ1) is 22.7. The van der Waals surface area contributed by atoms with Crippen LogP contribution in [0.15, 0.2) is 42.7 Å².